The Balaban J connectivity index is 1.48. The SMILES string of the molecule is Cc1ccc2[nH]c3c(c2c1)CC(NCC1(CO)CCOCC1)CC3. The van der Waals surface area contributed by atoms with E-state index >= 15 is 0 Å². The molecule has 4 rings (SSSR count). The second kappa shape index (κ2) is 6.51. The van der Waals surface area contributed by atoms with E-state index in [-0.39, 0.29) is 12.0 Å². The van der Waals surface area contributed by atoms with Crippen LogP contribution in [0.15, 0.2) is 18.2 Å². The number of aliphatic hydroxyl groups excluding tert-OH is 1. The standard InChI is InChI=1S/C20H28N2O2/c1-14-2-4-18-16(10-14)17-11-15(3-5-19(17)22-18)21-12-20(13-23)6-8-24-9-7-20/h2,4,10,15,21-23H,3,5-9,11-13H2,1H3. The summed E-state index contributed by atoms with van der Waals surface area (Å²) in [6, 6.07) is 7.19. The number of nitrogens with one attached hydrogen (secondary N) is 2. The van der Waals surface area contributed by atoms with E-state index in [2.05, 4.69) is 35.4 Å². The van der Waals surface area contributed by atoms with E-state index in [4.69, 9.17) is 4.74 Å². The fraction of sp³-hybridized carbons (Fsp3) is 0.600. The quantitative estimate of drug-likeness (QED) is 0.809. The van der Waals surface area contributed by atoms with Crippen LogP contribution in [0.1, 0.15) is 36.1 Å². The lowest BCUT2D eigenvalue weighted by molar-refractivity contribution is -0.0167. The van der Waals surface area contributed by atoms with Crippen LogP contribution in [0.3, 0.4) is 0 Å². The van der Waals surface area contributed by atoms with Gasteiger partial charge in [0.25, 0.3) is 0 Å². The molecule has 4 heteroatoms. The number of hydrogen-bond donors (Lipinski definition) is 3. The summed E-state index contributed by atoms with van der Waals surface area (Å²) in [4.78, 5) is 3.60. The number of aryl methyl sites for hydroxylation is 2. The summed E-state index contributed by atoms with van der Waals surface area (Å²) in [5.74, 6) is 0. The summed E-state index contributed by atoms with van der Waals surface area (Å²) in [6.07, 6.45) is 5.27. The van der Waals surface area contributed by atoms with Gasteiger partial charge in [-0.2, -0.15) is 0 Å². The van der Waals surface area contributed by atoms with E-state index in [1.165, 1.54) is 27.7 Å². The summed E-state index contributed by atoms with van der Waals surface area (Å²) >= 11 is 0. The molecule has 1 aliphatic carbocycles. The Kier molecular flexibility index (Phi) is 4.37. The average Bonchev–Trinajstić information content (AvgIpc) is 2.98. The Labute approximate surface area is 143 Å². The molecule has 24 heavy (non-hydrogen) atoms. The molecule has 130 valence electrons. The largest absolute Gasteiger partial charge is 0.396 e. The Bertz CT molecular complexity index is 716. The van der Waals surface area contributed by atoms with Gasteiger partial charge in [0.15, 0.2) is 0 Å². The van der Waals surface area contributed by atoms with Gasteiger partial charge in [-0.05, 0) is 56.7 Å². The molecule has 2 aromatic rings. The van der Waals surface area contributed by atoms with Crippen molar-refractivity contribution in [1.82, 2.24) is 10.3 Å². The monoisotopic (exact) mass is 328 g/mol. The van der Waals surface area contributed by atoms with Gasteiger partial charge in [-0.25, -0.2) is 0 Å². The summed E-state index contributed by atoms with van der Waals surface area (Å²) in [5, 5.41) is 15.0. The second-order valence-corrected chi connectivity index (χ2v) is 7.72. The van der Waals surface area contributed by atoms with Crippen LogP contribution in [0.25, 0.3) is 10.9 Å². The zero-order chi connectivity index (χ0) is 16.6. The number of rotatable bonds is 4. The molecule has 2 aliphatic rings. The Morgan fingerprint density at radius 3 is 2.96 bits per heavy atom. The van der Waals surface area contributed by atoms with Gasteiger partial charge in [0.05, 0.1) is 6.61 Å². The van der Waals surface area contributed by atoms with Crippen LogP contribution in [-0.2, 0) is 17.6 Å². The normalized spacial score (nSPS) is 23.3. The molecule has 2 heterocycles. The zero-order valence-corrected chi connectivity index (χ0v) is 14.5. The lowest BCUT2D eigenvalue weighted by Gasteiger charge is -2.37. The summed E-state index contributed by atoms with van der Waals surface area (Å²) in [5.41, 5.74) is 5.50. The highest BCUT2D eigenvalue weighted by Crippen LogP contribution is 2.32. The van der Waals surface area contributed by atoms with Crippen LogP contribution in [0.5, 0.6) is 0 Å². The first-order valence-corrected chi connectivity index (χ1v) is 9.21. The molecule has 0 amide bonds. The van der Waals surface area contributed by atoms with E-state index < -0.39 is 0 Å². The van der Waals surface area contributed by atoms with E-state index in [1.807, 2.05) is 0 Å². The molecule has 0 spiro atoms. The van der Waals surface area contributed by atoms with Gasteiger partial charge in [0.2, 0.25) is 0 Å². The van der Waals surface area contributed by atoms with Crippen molar-refractivity contribution < 1.29 is 9.84 Å². The summed E-state index contributed by atoms with van der Waals surface area (Å²) in [7, 11) is 0. The molecule has 0 radical (unpaired) electrons. The van der Waals surface area contributed by atoms with E-state index in [0.29, 0.717) is 6.04 Å². The number of hydrogen-bond acceptors (Lipinski definition) is 3. The van der Waals surface area contributed by atoms with Gasteiger partial charge in [-0.1, -0.05) is 11.6 Å². The third kappa shape index (κ3) is 2.99. The zero-order valence-electron chi connectivity index (χ0n) is 14.5. The van der Waals surface area contributed by atoms with E-state index in [9.17, 15) is 5.11 Å². The molecule has 1 fully saturated rings. The number of aromatic amines is 1. The first kappa shape index (κ1) is 16.1. The van der Waals surface area contributed by atoms with Crippen molar-refractivity contribution in [3.63, 3.8) is 0 Å². The maximum Gasteiger partial charge on any atom is 0.0501 e. The number of ether oxygens (including phenoxy) is 1. The fourth-order valence-corrected chi connectivity index (χ4v) is 4.26. The molecule has 0 saturated carbocycles. The van der Waals surface area contributed by atoms with Crippen molar-refractivity contribution in [3.8, 4) is 0 Å². The average molecular weight is 328 g/mol. The predicted octanol–water partition coefficient (Wildman–Crippen LogP) is 2.71. The number of benzene rings is 1. The van der Waals surface area contributed by atoms with Gasteiger partial charge in [0.1, 0.15) is 0 Å². The van der Waals surface area contributed by atoms with Crippen molar-refractivity contribution >= 4 is 10.9 Å². The van der Waals surface area contributed by atoms with Crippen molar-refractivity contribution in [2.45, 2.75) is 45.1 Å². The fourth-order valence-electron chi connectivity index (χ4n) is 4.26. The Morgan fingerprint density at radius 1 is 1.33 bits per heavy atom. The Hall–Kier alpha value is -1.36. The topological polar surface area (TPSA) is 57.3 Å². The molecule has 1 aromatic carbocycles. The van der Waals surface area contributed by atoms with Crippen LogP contribution in [0.4, 0.5) is 0 Å². The van der Waals surface area contributed by atoms with Crippen LogP contribution < -0.4 is 5.32 Å². The second-order valence-electron chi connectivity index (χ2n) is 7.72. The molecular formula is C20H28N2O2. The van der Waals surface area contributed by atoms with Crippen molar-refractivity contribution in [1.29, 1.82) is 0 Å². The number of H-pyrrole nitrogens is 1. The maximum atomic E-state index is 9.87. The smallest absolute Gasteiger partial charge is 0.0501 e. The minimum atomic E-state index is 0.00926. The van der Waals surface area contributed by atoms with Crippen LogP contribution >= 0.6 is 0 Å². The first-order valence-electron chi connectivity index (χ1n) is 9.21. The Morgan fingerprint density at radius 2 is 2.17 bits per heavy atom. The first-order chi connectivity index (χ1) is 11.7. The molecule has 3 N–H and O–H groups in total. The van der Waals surface area contributed by atoms with Crippen molar-refractivity contribution in [2.24, 2.45) is 5.41 Å². The lowest BCUT2D eigenvalue weighted by atomic mass is 9.80. The highest BCUT2D eigenvalue weighted by Gasteiger charge is 2.33. The number of aromatic nitrogens is 1. The number of aliphatic hydroxyl groups is 1. The third-order valence-electron chi connectivity index (χ3n) is 6.00. The lowest BCUT2D eigenvalue weighted by Crippen LogP contribution is -2.46. The molecule has 1 unspecified atom stereocenters. The molecule has 1 aliphatic heterocycles. The van der Waals surface area contributed by atoms with Crippen LogP contribution in [0.2, 0.25) is 0 Å². The molecule has 0 bridgehead atoms. The third-order valence-corrected chi connectivity index (χ3v) is 6.00. The van der Waals surface area contributed by atoms with Gasteiger partial charge < -0.3 is 20.1 Å². The molecule has 1 saturated heterocycles. The van der Waals surface area contributed by atoms with Gasteiger partial charge in [0, 0.05) is 47.8 Å². The minimum Gasteiger partial charge on any atom is -0.396 e. The summed E-state index contributed by atoms with van der Waals surface area (Å²) < 4.78 is 5.47. The van der Waals surface area contributed by atoms with Crippen LogP contribution in [0, 0.1) is 12.3 Å². The van der Waals surface area contributed by atoms with E-state index in [0.717, 1.165) is 51.9 Å². The van der Waals surface area contributed by atoms with Crippen LogP contribution in [-0.4, -0.2) is 42.5 Å². The highest BCUT2D eigenvalue weighted by molar-refractivity contribution is 5.85. The van der Waals surface area contributed by atoms with Crippen molar-refractivity contribution in [3.05, 3.63) is 35.0 Å². The summed E-state index contributed by atoms with van der Waals surface area (Å²) in [6.45, 7) is 4.87. The predicted molar refractivity (Wildman–Crippen MR) is 96.4 cm³/mol. The van der Waals surface area contributed by atoms with Crippen molar-refractivity contribution in [2.75, 3.05) is 26.4 Å². The minimum absolute atomic E-state index is 0.00926. The molecule has 1 aromatic heterocycles. The van der Waals surface area contributed by atoms with Gasteiger partial charge in [-0.3, -0.25) is 0 Å². The van der Waals surface area contributed by atoms with E-state index in [1.54, 1.807) is 0 Å². The molecule has 1 atom stereocenters. The molecule has 4 nitrogen and oxygen atoms in total. The number of fused-ring (bicyclic) bond motifs is 3. The van der Waals surface area contributed by atoms with Gasteiger partial charge in [-0.15, -0.1) is 0 Å². The van der Waals surface area contributed by atoms with Gasteiger partial charge >= 0.3 is 0 Å². The molecular weight excluding hydrogens is 300 g/mol. The highest BCUT2D eigenvalue weighted by atomic mass is 16.5. The maximum absolute atomic E-state index is 9.87.